The minimum Gasteiger partial charge on any atom is -0.326 e. The number of rotatable bonds is 5. The summed E-state index contributed by atoms with van der Waals surface area (Å²) < 4.78 is 1.56. The molecular weight excluding hydrogens is 290 g/mol. The molecule has 0 aliphatic heterocycles. The first-order chi connectivity index (χ1) is 11.2. The fourth-order valence-electron chi connectivity index (χ4n) is 2.37. The smallest absolute Gasteiger partial charge is 0.224 e. The van der Waals surface area contributed by atoms with Crippen molar-refractivity contribution in [3.8, 4) is 5.69 Å². The van der Waals surface area contributed by atoms with Gasteiger partial charge in [-0.3, -0.25) is 4.79 Å². The van der Waals surface area contributed by atoms with E-state index in [0.717, 1.165) is 16.9 Å². The van der Waals surface area contributed by atoms with Gasteiger partial charge in [0.1, 0.15) is 6.33 Å². The first-order valence-corrected chi connectivity index (χ1v) is 7.40. The SMILES string of the molecule is C[C@H](CC(=O)Nc1ccc(-n2cnnn2)cc1)c1ccccc1. The summed E-state index contributed by atoms with van der Waals surface area (Å²) in [4.78, 5) is 12.2. The molecule has 0 saturated heterocycles. The number of aromatic nitrogens is 4. The number of nitrogens with zero attached hydrogens (tertiary/aromatic N) is 4. The third-order valence-corrected chi connectivity index (χ3v) is 3.62. The van der Waals surface area contributed by atoms with Gasteiger partial charge in [0.2, 0.25) is 5.91 Å². The molecule has 3 rings (SSSR count). The van der Waals surface area contributed by atoms with Crippen LogP contribution < -0.4 is 5.32 Å². The molecule has 1 atom stereocenters. The Morgan fingerprint density at radius 1 is 1.13 bits per heavy atom. The van der Waals surface area contributed by atoms with E-state index in [0.29, 0.717) is 6.42 Å². The molecular formula is C17H17N5O. The van der Waals surface area contributed by atoms with Gasteiger partial charge in [0.15, 0.2) is 0 Å². The van der Waals surface area contributed by atoms with Gasteiger partial charge in [-0.1, -0.05) is 37.3 Å². The molecule has 0 saturated carbocycles. The Morgan fingerprint density at radius 2 is 1.87 bits per heavy atom. The zero-order valence-electron chi connectivity index (χ0n) is 12.8. The lowest BCUT2D eigenvalue weighted by Gasteiger charge is -2.12. The van der Waals surface area contributed by atoms with Crippen LogP contribution in [-0.4, -0.2) is 26.1 Å². The van der Waals surface area contributed by atoms with E-state index in [4.69, 9.17) is 0 Å². The second-order valence-corrected chi connectivity index (χ2v) is 5.37. The molecule has 2 aromatic carbocycles. The summed E-state index contributed by atoms with van der Waals surface area (Å²) in [7, 11) is 0. The second kappa shape index (κ2) is 6.83. The summed E-state index contributed by atoms with van der Waals surface area (Å²) in [6, 6.07) is 17.4. The summed E-state index contributed by atoms with van der Waals surface area (Å²) in [5.41, 5.74) is 2.76. The summed E-state index contributed by atoms with van der Waals surface area (Å²) in [6.07, 6.45) is 1.97. The van der Waals surface area contributed by atoms with Crippen LogP contribution in [-0.2, 0) is 4.79 Å². The van der Waals surface area contributed by atoms with Crippen molar-refractivity contribution in [2.45, 2.75) is 19.3 Å². The highest BCUT2D eigenvalue weighted by Gasteiger charge is 2.11. The van der Waals surface area contributed by atoms with Gasteiger partial charge in [-0.05, 0) is 46.2 Å². The molecule has 0 aliphatic rings. The predicted molar refractivity (Wildman–Crippen MR) is 87.3 cm³/mol. The van der Waals surface area contributed by atoms with Gasteiger partial charge in [-0.2, -0.15) is 0 Å². The van der Waals surface area contributed by atoms with Crippen LogP contribution in [0.5, 0.6) is 0 Å². The zero-order chi connectivity index (χ0) is 16.1. The van der Waals surface area contributed by atoms with Gasteiger partial charge >= 0.3 is 0 Å². The summed E-state index contributed by atoms with van der Waals surface area (Å²) >= 11 is 0. The maximum atomic E-state index is 12.2. The molecule has 23 heavy (non-hydrogen) atoms. The van der Waals surface area contributed by atoms with Crippen molar-refractivity contribution in [2.24, 2.45) is 0 Å². The van der Waals surface area contributed by atoms with Crippen molar-refractivity contribution >= 4 is 11.6 Å². The van der Waals surface area contributed by atoms with Crippen molar-refractivity contribution < 1.29 is 4.79 Å². The van der Waals surface area contributed by atoms with Crippen LogP contribution in [0.25, 0.3) is 5.69 Å². The molecule has 116 valence electrons. The number of carbonyl (C=O) groups is 1. The van der Waals surface area contributed by atoms with Gasteiger partial charge in [0.05, 0.1) is 5.69 Å². The van der Waals surface area contributed by atoms with Crippen LogP contribution >= 0.6 is 0 Å². The fraction of sp³-hybridized carbons (Fsp3) is 0.176. The highest BCUT2D eigenvalue weighted by atomic mass is 16.1. The molecule has 0 aliphatic carbocycles. The number of anilines is 1. The van der Waals surface area contributed by atoms with Crippen LogP contribution in [0.2, 0.25) is 0 Å². The van der Waals surface area contributed by atoms with Crippen molar-refractivity contribution in [1.29, 1.82) is 0 Å². The molecule has 6 heteroatoms. The number of benzene rings is 2. The van der Waals surface area contributed by atoms with Crippen LogP contribution in [0.4, 0.5) is 5.69 Å². The topological polar surface area (TPSA) is 72.7 Å². The standard InChI is InChI=1S/C17H17N5O/c1-13(14-5-3-2-4-6-14)11-17(23)19-15-7-9-16(10-8-15)22-12-18-20-21-22/h2-10,12-13H,11H2,1H3,(H,19,23)/t13-/m1/s1. The van der Waals surface area contributed by atoms with E-state index in [1.54, 1.807) is 4.68 Å². The normalized spacial score (nSPS) is 11.9. The van der Waals surface area contributed by atoms with Crippen molar-refractivity contribution in [1.82, 2.24) is 20.2 Å². The fourth-order valence-corrected chi connectivity index (χ4v) is 2.37. The number of nitrogens with one attached hydrogen (secondary N) is 1. The Hall–Kier alpha value is -3.02. The van der Waals surface area contributed by atoms with Gasteiger partial charge in [0, 0.05) is 12.1 Å². The lowest BCUT2D eigenvalue weighted by atomic mass is 9.97. The van der Waals surface area contributed by atoms with E-state index in [1.807, 2.05) is 54.6 Å². The highest BCUT2D eigenvalue weighted by molar-refractivity contribution is 5.91. The Morgan fingerprint density at radius 3 is 2.52 bits per heavy atom. The van der Waals surface area contributed by atoms with Gasteiger partial charge < -0.3 is 5.32 Å². The first-order valence-electron chi connectivity index (χ1n) is 7.40. The quantitative estimate of drug-likeness (QED) is 0.786. The minimum atomic E-state index is -0.00322. The molecule has 0 unspecified atom stereocenters. The average molecular weight is 307 g/mol. The molecule has 0 fully saturated rings. The highest BCUT2D eigenvalue weighted by Crippen LogP contribution is 2.19. The van der Waals surface area contributed by atoms with Crippen LogP contribution in [0.3, 0.4) is 0 Å². The largest absolute Gasteiger partial charge is 0.326 e. The molecule has 6 nitrogen and oxygen atoms in total. The Kier molecular flexibility index (Phi) is 4.42. The molecule has 0 radical (unpaired) electrons. The van der Waals surface area contributed by atoms with E-state index in [2.05, 4.69) is 27.8 Å². The molecule has 1 amide bonds. The number of carbonyl (C=O) groups excluding carboxylic acids is 1. The maximum Gasteiger partial charge on any atom is 0.224 e. The van der Waals surface area contributed by atoms with E-state index in [-0.39, 0.29) is 11.8 Å². The van der Waals surface area contributed by atoms with E-state index < -0.39 is 0 Å². The van der Waals surface area contributed by atoms with Crippen LogP contribution in [0.1, 0.15) is 24.8 Å². The summed E-state index contributed by atoms with van der Waals surface area (Å²) in [5, 5.41) is 13.9. The van der Waals surface area contributed by atoms with Crippen molar-refractivity contribution in [3.63, 3.8) is 0 Å². The van der Waals surface area contributed by atoms with E-state index in [1.165, 1.54) is 6.33 Å². The molecule has 1 aromatic heterocycles. The van der Waals surface area contributed by atoms with Gasteiger partial charge in [-0.25, -0.2) is 4.68 Å². The van der Waals surface area contributed by atoms with Gasteiger partial charge in [0.25, 0.3) is 0 Å². The lowest BCUT2D eigenvalue weighted by Crippen LogP contribution is -2.14. The lowest BCUT2D eigenvalue weighted by molar-refractivity contribution is -0.116. The Bertz CT molecular complexity index is 753. The van der Waals surface area contributed by atoms with Crippen LogP contribution in [0, 0.1) is 0 Å². The third-order valence-electron chi connectivity index (χ3n) is 3.62. The molecule has 3 aromatic rings. The Balaban J connectivity index is 1.60. The van der Waals surface area contributed by atoms with Gasteiger partial charge in [-0.15, -0.1) is 5.10 Å². The zero-order valence-corrected chi connectivity index (χ0v) is 12.8. The monoisotopic (exact) mass is 307 g/mol. The Labute approximate surface area is 134 Å². The molecule has 0 bridgehead atoms. The second-order valence-electron chi connectivity index (χ2n) is 5.37. The molecule has 1 heterocycles. The van der Waals surface area contributed by atoms with Crippen molar-refractivity contribution in [3.05, 3.63) is 66.5 Å². The number of hydrogen-bond acceptors (Lipinski definition) is 4. The maximum absolute atomic E-state index is 12.2. The minimum absolute atomic E-state index is 0.00322. The predicted octanol–water partition coefficient (Wildman–Crippen LogP) is 2.79. The van der Waals surface area contributed by atoms with E-state index >= 15 is 0 Å². The summed E-state index contributed by atoms with van der Waals surface area (Å²) in [5.74, 6) is 0.174. The number of hydrogen-bond donors (Lipinski definition) is 1. The molecule has 0 spiro atoms. The first kappa shape index (κ1) is 14.9. The number of amides is 1. The number of tetrazole rings is 1. The summed E-state index contributed by atoms with van der Waals surface area (Å²) in [6.45, 7) is 2.05. The third kappa shape index (κ3) is 3.79. The average Bonchev–Trinajstić information content (AvgIpc) is 3.11. The van der Waals surface area contributed by atoms with Crippen LogP contribution in [0.15, 0.2) is 60.9 Å². The molecule has 1 N–H and O–H groups in total. The van der Waals surface area contributed by atoms with E-state index in [9.17, 15) is 4.79 Å². The van der Waals surface area contributed by atoms with Crippen molar-refractivity contribution in [2.75, 3.05) is 5.32 Å².